The molecule has 1 aliphatic heterocycles. The molecule has 22 heavy (non-hydrogen) atoms. The fourth-order valence-electron chi connectivity index (χ4n) is 2.84. The molecule has 0 aromatic heterocycles. The van der Waals surface area contributed by atoms with Gasteiger partial charge in [-0.15, -0.1) is 0 Å². The SMILES string of the molecule is Cc1cccc(CS(=O)(=O)Nc2ccc3c(c2)N(C)CC3)c1. The zero-order valence-corrected chi connectivity index (χ0v) is 13.7. The summed E-state index contributed by atoms with van der Waals surface area (Å²) in [4.78, 5) is 2.15. The Morgan fingerprint density at radius 2 is 2.00 bits per heavy atom. The molecule has 0 atom stereocenters. The summed E-state index contributed by atoms with van der Waals surface area (Å²) in [5.41, 5.74) is 4.86. The molecule has 0 saturated heterocycles. The van der Waals surface area contributed by atoms with Crippen molar-refractivity contribution < 1.29 is 8.42 Å². The quantitative estimate of drug-likeness (QED) is 0.943. The monoisotopic (exact) mass is 316 g/mol. The van der Waals surface area contributed by atoms with Crippen LogP contribution in [0.5, 0.6) is 0 Å². The van der Waals surface area contributed by atoms with Crippen LogP contribution in [0.4, 0.5) is 11.4 Å². The van der Waals surface area contributed by atoms with Crippen molar-refractivity contribution in [3.8, 4) is 0 Å². The van der Waals surface area contributed by atoms with E-state index < -0.39 is 10.0 Å². The molecule has 116 valence electrons. The lowest BCUT2D eigenvalue weighted by Crippen LogP contribution is -2.16. The number of rotatable bonds is 4. The van der Waals surface area contributed by atoms with Gasteiger partial charge in [-0.1, -0.05) is 35.9 Å². The van der Waals surface area contributed by atoms with Crippen molar-refractivity contribution in [2.24, 2.45) is 0 Å². The molecule has 2 aromatic carbocycles. The van der Waals surface area contributed by atoms with Crippen LogP contribution in [0.2, 0.25) is 0 Å². The molecule has 0 amide bonds. The van der Waals surface area contributed by atoms with E-state index in [0.717, 1.165) is 29.8 Å². The molecular formula is C17H20N2O2S. The zero-order valence-electron chi connectivity index (χ0n) is 12.8. The van der Waals surface area contributed by atoms with Crippen molar-refractivity contribution in [2.75, 3.05) is 23.2 Å². The fraction of sp³-hybridized carbons (Fsp3) is 0.294. The number of likely N-dealkylation sites (N-methyl/N-ethyl adjacent to an activating group) is 1. The topological polar surface area (TPSA) is 49.4 Å². The van der Waals surface area contributed by atoms with Gasteiger partial charge in [0, 0.05) is 19.3 Å². The number of nitrogens with zero attached hydrogens (tertiary/aromatic N) is 1. The standard InChI is InChI=1S/C17H20N2O2S/c1-13-4-3-5-14(10-13)12-22(20,21)18-16-7-6-15-8-9-19(2)17(15)11-16/h3-7,10-11,18H,8-9,12H2,1-2H3. The zero-order chi connectivity index (χ0) is 15.7. The van der Waals surface area contributed by atoms with Crippen LogP contribution < -0.4 is 9.62 Å². The van der Waals surface area contributed by atoms with Crippen LogP contribution in [0.3, 0.4) is 0 Å². The fourth-order valence-corrected chi connectivity index (χ4v) is 4.02. The molecule has 0 spiro atoms. The number of sulfonamides is 1. The van der Waals surface area contributed by atoms with Crippen molar-refractivity contribution in [1.82, 2.24) is 0 Å². The van der Waals surface area contributed by atoms with Gasteiger partial charge in [0.25, 0.3) is 0 Å². The Labute approximate surface area is 131 Å². The molecule has 2 aromatic rings. The molecule has 0 saturated carbocycles. The lowest BCUT2D eigenvalue weighted by atomic mass is 10.1. The maximum absolute atomic E-state index is 12.3. The number of nitrogens with one attached hydrogen (secondary N) is 1. The van der Waals surface area contributed by atoms with E-state index in [-0.39, 0.29) is 5.75 Å². The van der Waals surface area contributed by atoms with E-state index in [4.69, 9.17) is 0 Å². The predicted octanol–water partition coefficient (Wildman–Crippen LogP) is 2.93. The first-order chi connectivity index (χ1) is 10.4. The molecule has 0 fully saturated rings. The van der Waals surface area contributed by atoms with Gasteiger partial charge in [0.05, 0.1) is 11.4 Å². The first-order valence-electron chi connectivity index (χ1n) is 7.33. The second-order valence-corrected chi connectivity index (χ2v) is 7.59. The summed E-state index contributed by atoms with van der Waals surface area (Å²) >= 11 is 0. The van der Waals surface area contributed by atoms with Gasteiger partial charge in [0.2, 0.25) is 10.0 Å². The average molecular weight is 316 g/mol. The Balaban J connectivity index is 1.79. The predicted molar refractivity (Wildman–Crippen MR) is 90.8 cm³/mol. The summed E-state index contributed by atoms with van der Waals surface area (Å²) in [6.07, 6.45) is 1.02. The smallest absolute Gasteiger partial charge is 0.236 e. The Morgan fingerprint density at radius 3 is 2.77 bits per heavy atom. The van der Waals surface area contributed by atoms with E-state index in [1.54, 1.807) is 0 Å². The molecule has 4 nitrogen and oxygen atoms in total. The van der Waals surface area contributed by atoms with E-state index in [0.29, 0.717) is 5.69 Å². The largest absolute Gasteiger partial charge is 0.374 e. The summed E-state index contributed by atoms with van der Waals surface area (Å²) < 4.78 is 27.4. The first-order valence-corrected chi connectivity index (χ1v) is 8.98. The van der Waals surface area contributed by atoms with E-state index in [1.807, 2.05) is 56.4 Å². The average Bonchev–Trinajstić information content (AvgIpc) is 2.79. The van der Waals surface area contributed by atoms with Gasteiger partial charge >= 0.3 is 0 Å². The number of fused-ring (bicyclic) bond motifs is 1. The minimum Gasteiger partial charge on any atom is -0.374 e. The van der Waals surface area contributed by atoms with Crippen LogP contribution in [-0.2, 0) is 22.2 Å². The van der Waals surface area contributed by atoms with Gasteiger partial charge in [-0.2, -0.15) is 0 Å². The van der Waals surface area contributed by atoms with E-state index in [9.17, 15) is 8.42 Å². The number of benzene rings is 2. The summed E-state index contributed by atoms with van der Waals surface area (Å²) in [5, 5.41) is 0. The lowest BCUT2D eigenvalue weighted by Gasteiger charge is -2.14. The third kappa shape index (κ3) is 3.25. The van der Waals surface area contributed by atoms with E-state index in [1.165, 1.54) is 5.56 Å². The van der Waals surface area contributed by atoms with Gasteiger partial charge in [-0.25, -0.2) is 8.42 Å². The summed E-state index contributed by atoms with van der Waals surface area (Å²) in [7, 11) is -1.38. The number of hydrogen-bond donors (Lipinski definition) is 1. The molecule has 5 heteroatoms. The maximum atomic E-state index is 12.3. The van der Waals surface area contributed by atoms with E-state index >= 15 is 0 Å². The minimum absolute atomic E-state index is 0.0123. The molecule has 3 rings (SSSR count). The lowest BCUT2D eigenvalue weighted by molar-refractivity contribution is 0.600. The summed E-state index contributed by atoms with van der Waals surface area (Å²) in [5.74, 6) is -0.0123. The van der Waals surface area contributed by atoms with Crippen molar-refractivity contribution >= 4 is 21.4 Å². The van der Waals surface area contributed by atoms with Crippen LogP contribution in [0, 0.1) is 6.92 Å². The highest BCUT2D eigenvalue weighted by molar-refractivity contribution is 7.91. The molecular weight excluding hydrogens is 296 g/mol. The second kappa shape index (κ2) is 5.65. The Bertz CT molecular complexity index is 800. The van der Waals surface area contributed by atoms with Gasteiger partial charge < -0.3 is 4.90 Å². The molecule has 0 radical (unpaired) electrons. The van der Waals surface area contributed by atoms with E-state index in [2.05, 4.69) is 9.62 Å². The summed E-state index contributed by atoms with van der Waals surface area (Å²) in [6, 6.07) is 13.3. The second-order valence-electron chi connectivity index (χ2n) is 5.87. The van der Waals surface area contributed by atoms with Crippen LogP contribution in [0.15, 0.2) is 42.5 Å². The highest BCUT2D eigenvalue weighted by Crippen LogP contribution is 2.30. The Hall–Kier alpha value is -2.01. The Kier molecular flexibility index (Phi) is 3.83. The Morgan fingerprint density at radius 1 is 1.18 bits per heavy atom. The van der Waals surface area contributed by atoms with Crippen molar-refractivity contribution in [1.29, 1.82) is 0 Å². The van der Waals surface area contributed by atoms with Crippen molar-refractivity contribution in [3.63, 3.8) is 0 Å². The number of anilines is 2. The molecule has 1 N–H and O–H groups in total. The number of hydrogen-bond acceptors (Lipinski definition) is 3. The van der Waals surface area contributed by atoms with Gasteiger partial charge in [0.1, 0.15) is 0 Å². The van der Waals surface area contributed by atoms with Crippen LogP contribution in [-0.4, -0.2) is 22.0 Å². The molecule has 0 aliphatic carbocycles. The third-order valence-corrected chi connectivity index (χ3v) is 5.19. The van der Waals surface area contributed by atoms with Crippen molar-refractivity contribution in [2.45, 2.75) is 19.1 Å². The molecule has 0 unspecified atom stereocenters. The van der Waals surface area contributed by atoms with Crippen LogP contribution in [0.1, 0.15) is 16.7 Å². The van der Waals surface area contributed by atoms with Crippen LogP contribution in [0.25, 0.3) is 0 Å². The number of aryl methyl sites for hydroxylation is 1. The third-order valence-electron chi connectivity index (χ3n) is 3.93. The highest BCUT2D eigenvalue weighted by atomic mass is 32.2. The van der Waals surface area contributed by atoms with Gasteiger partial charge in [-0.3, -0.25) is 4.72 Å². The molecule has 1 aliphatic rings. The van der Waals surface area contributed by atoms with Crippen LogP contribution >= 0.6 is 0 Å². The molecule has 1 heterocycles. The summed E-state index contributed by atoms with van der Waals surface area (Å²) in [6.45, 7) is 2.94. The first kappa shape index (κ1) is 14.9. The maximum Gasteiger partial charge on any atom is 0.236 e. The van der Waals surface area contributed by atoms with Gasteiger partial charge in [0.15, 0.2) is 0 Å². The molecule has 0 bridgehead atoms. The van der Waals surface area contributed by atoms with Crippen molar-refractivity contribution in [3.05, 3.63) is 59.2 Å². The highest BCUT2D eigenvalue weighted by Gasteiger charge is 2.18. The van der Waals surface area contributed by atoms with Gasteiger partial charge in [-0.05, 0) is 36.6 Å². The minimum atomic E-state index is -3.41. The normalized spacial score (nSPS) is 14.0.